The monoisotopic (exact) mass is 969 g/mol. The van der Waals surface area contributed by atoms with E-state index in [1.165, 1.54) is 12.1 Å². The number of ether oxygens (including phenoxy) is 1. The summed E-state index contributed by atoms with van der Waals surface area (Å²) in [6.07, 6.45) is 8.10. The minimum absolute atomic E-state index is 0.0369. The van der Waals surface area contributed by atoms with Crippen molar-refractivity contribution in [3.8, 4) is 23.0 Å². The van der Waals surface area contributed by atoms with Crippen LogP contribution in [0.4, 0.5) is 20.3 Å². The molecule has 17 heteroatoms. The number of aromatic nitrogens is 3. The first-order valence-electron chi connectivity index (χ1n) is 25.7. The van der Waals surface area contributed by atoms with Gasteiger partial charge in [-0.15, -0.1) is 0 Å². The van der Waals surface area contributed by atoms with E-state index >= 15 is 8.78 Å². The number of nitrogens with one attached hydrogen (secondary N) is 1. The van der Waals surface area contributed by atoms with Crippen LogP contribution in [-0.4, -0.2) is 142 Å². The molecular formula is C54H61F2N9O6. The molecule has 5 aliphatic heterocycles. The van der Waals surface area contributed by atoms with Crippen LogP contribution in [0, 0.1) is 34.8 Å². The highest BCUT2D eigenvalue weighted by Crippen LogP contribution is 2.48. The van der Waals surface area contributed by atoms with Crippen molar-refractivity contribution >= 4 is 50.9 Å². The second kappa shape index (κ2) is 18.2. The number of likely N-dealkylation sites (tertiary alicyclic amines) is 1. The van der Waals surface area contributed by atoms with E-state index in [9.17, 15) is 24.6 Å². The molecule has 2 aromatic heterocycles. The maximum atomic E-state index is 17.2. The summed E-state index contributed by atoms with van der Waals surface area (Å²) in [5, 5.41) is 25.5. The SMILES string of the molecule is CCc1c(F)ccc2cc(O)cc(-c3ncc4c(N5C[C@@H]6C[C@H](C5)[C@H](O)C6)nc(OCC5(CN6CCC(CN7CCN(c8ccc9c(c8)CN([C@H]8CCC(=O)NC8=O)C9=O)CC7)CC6)CC5)nc4c3F)c12. The summed E-state index contributed by atoms with van der Waals surface area (Å²) in [6.45, 7) is 11.6. The first-order chi connectivity index (χ1) is 34.4. The van der Waals surface area contributed by atoms with Gasteiger partial charge in [-0.3, -0.25) is 29.6 Å². The maximum Gasteiger partial charge on any atom is 0.319 e. The van der Waals surface area contributed by atoms with E-state index in [1.807, 2.05) is 19.1 Å². The second-order valence-corrected chi connectivity index (χ2v) is 21.6. The topological polar surface area (TPSA) is 168 Å². The van der Waals surface area contributed by atoms with Crippen molar-refractivity contribution in [2.45, 2.75) is 83.4 Å². The zero-order valence-corrected chi connectivity index (χ0v) is 40.2. The molecule has 6 fully saturated rings. The van der Waals surface area contributed by atoms with Crippen LogP contribution in [0.5, 0.6) is 11.8 Å². The van der Waals surface area contributed by atoms with E-state index in [4.69, 9.17) is 14.7 Å². The highest BCUT2D eigenvalue weighted by Gasteiger charge is 2.46. The summed E-state index contributed by atoms with van der Waals surface area (Å²) in [4.78, 5) is 63.0. The van der Waals surface area contributed by atoms with Gasteiger partial charge in [-0.1, -0.05) is 13.0 Å². The van der Waals surface area contributed by atoms with Gasteiger partial charge in [-0.2, -0.15) is 9.97 Å². The molecular weight excluding hydrogens is 909 g/mol. The molecule has 3 aromatic carbocycles. The fourth-order valence-corrected chi connectivity index (χ4v) is 12.8. The fourth-order valence-electron chi connectivity index (χ4n) is 12.8. The number of anilines is 2. The third-order valence-electron chi connectivity index (χ3n) is 16.9. The lowest BCUT2D eigenvalue weighted by atomic mass is 9.94. The van der Waals surface area contributed by atoms with Crippen LogP contribution in [0.25, 0.3) is 32.9 Å². The smallest absolute Gasteiger partial charge is 0.319 e. The van der Waals surface area contributed by atoms with E-state index in [0.717, 1.165) is 102 Å². The highest BCUT2D eigenvalue weighted by atomic mass is 19.1. The van der Waals surface area contributed by atoms with Gasteiger partial charge in [0.1, 0.15) is 34.6 Å². The fraction of sp³-hybridized carbons (Fsp3) is 0.519. The third-order valence-corrected chi connectivity index (χ3v) is 16.9. The number of piperidine rings is 3. The van der Waals surface area contributed by atoms with E-state index in [-0.39, 0.29) is 64.2 Å². The molecule has 372 valence electrons. The van der Waals surface area contributed by atoms with E-state index in [2.05, 4.69) is 36.0 Å². The number of carbonyl (C=O) groups is 3. The average molecular weight is 970 g/mol. The molecule has 4 saturated heterocycles. The van der Waals surface area contributed by atoms with E-state index in [0.29, 0.717) is 84.0 Å². The minimum atomic E-state index is -0.695. The molecule has 3 amide bonds. The average Bonchev–Trinajstić information content (AvgIpc) is 3.98. The number of halogens is 2. The summed E-state index contributed by atoms with van der Waals surface area (Å²) < 4.78 is 38.9. The maximum absolute atomic E-state index is 17.2. The number of nitrogens with zero attached hydrogens (tertiary/aromatic N) is 8. The summed E-state index contributed by atoms with van der Waals surface area (Å²) in [5.41, 5.74) is 3.33. The minimum Gasteiger partial charge on any atom is -0.508 e. The third kappa shape index (κ3) is 8.70. The Morgan fingerprint density at radius 1 is 0.887 bits per heavy atom. The molecule has 2 saturated carbocycles. The van der Waals surface area contributed by atoms with Crippen molar-refractivity contribution in [2.75, 3.05) is 81.9 Å². The predicted octanol–water partition coefficient (Wildman–Crippen LogP) is 6.05. The van der Waals surface area contributed by atoms with Gasteiger partial charge in [0.15, 0.2) is 5.82 Å². The van der Waals surface area contributed by atoms with Crippen LogP contribution in [0.3, 0.4) is 0 Å². The number of rotatable bonds is 12. The number of carbonyl (C=O) groups excluding carboxylic acids is 3. The lowest BCUT2D eigenvalue weighted by Crippen LogP contribution is -2.52. The van der Waals surface area contributed by atoms with Crippen molar-refractivity contribution in [2.24, 2.45) is 23.2 Å². The second-order valence-electron chi connectivity index (χ2n) is 21.6. The Hall–Kier alpha value is -6.04. The molecule has 4 atom stereocenters. The number of hydrogen-bond acceptors (Lipinski definition) is 13. The molecule has 7 aliphatic rings. The van der Waals surface area contributed by atoms with Crippen LogP contribution in [0.2, 0.25) is 0 Å². The number of aryl methyl sites for hydroxylation is 1. The molecule has 0 unspecified atom stereocenters. The Morgan fingerprint density at radius 2 is 1.70 bits per heavy atom. The summed E-state index contributed by atoms with van der Waals surface area (Å²) in [5.74, 6) is -0.485. The predicted molar refractivity (Wildman–Crippen MR) is 263 cm³/mol. The molecule has 2 bridgehead atoms. The number of hydrogen-bond donors (Lipinski definition) is 3. The van der Waals surface area contributed by atoms with E-state index < -0.39 is 23.6 Å². The van der Waals surface area contributed by atoms with Crippen LogP contribution >= 0.6 is 0 Å². The van der Waals surface area contributed by atoms with Gasteiger partial charge in [0.2, 0.25) is 11.8 Å². The zero-order valence-electron chi connectivity index (χ0n) is 40.2. The van der Waals surface area contributed by atoms with Crippen LogP contribution in [0.1, 0.15) is 79.8 Å². The number of phenols is 1. The van der Waals surface area contributed by atoms with Gasteiger partial charge in [0.25, 0.3) is 5.91 Å². The molecule has 3 N–H and O–H groups in total. The molecule has 12 rings (SSSR count). The van der Waals surface area contributed by atoms with Crippen LogP contribution in [-0.2, 0) is 22.6 Å². The van der Waals surface area contributed by atoms with Gasteiger partial charge in [-0.25, -0.2) is 8.78 Å². The molecule has 71 heavy (non-hydrogen) atoms. The largest absolute Gasteiger partial charge is 0.508 e. The number of imide groups is 1. The first-order valence-corrected chi connectivity index (χ1v) is 25.7. The number of piperazine rings is 1. The number of aliphatic hydroxyl groups is 1. The first kappa shape index (κ1) is 46.1. The summed E-state index contributed by atoms with van der Waals surface area (Å²) in [7, 11) is 0. The van der Waals surface area contributed by atoms with Crippen molar-refractivity contribution in [3.63, 3.8) is 0 Å². The Balaban J connectivity index is 0.687. The van der Waals surface area contributed by atoms with Crippen LogP contribution < -0.4 is 19.9 Å². The summed E-state index contributed by atoms with van der Waals surface area (Å²) >= 11 is 0. The molecule has 2 aliphatic carbocycles. The number of aromatic hydroxyl groups is 1. The number of amides is 3. The van der Waals surface area contributed by atoms with Crippen molar-refractivity contribution in [3.05, 3.63) is 77.0 Å². The van der Waals surface area contributed by atoms with Gasteiger partial charge in [0, 0.05) is 99.7 Å². The number of pyridine rings is 1. The van der Waals surface area contributed by atoms with Gasteiger partial charge in [0.05, 0.1) is 18.1 Å². The van der Waals surface area contributed by atoms with Gasteiger partial charge in [-0.05, 0) is 135 Å². The lowest BCUT2D eigenvalue weighted by molar-refractivity contribution is -0.136. The molecule has 5 aromatic rings. The molecule has 7 heterocycles. The molecule has 15 nitrogen and oxygen atoms in total. The van der Waals surface area contributed by atoms with Crippen molar-refractivity contribution < 1.29 is 38.1 Å². The molecule has 0 spiro atoms. The number of fused-ring (bicyclic) bond motifs is 5. The van der Waals surface area contributed by atoms with Crippen LogP contribution in [0.15, 0.2) is 48.7 Å². The summed E-state index contributed by atoms with van der Waals surface area (Å²) in [6, 6.07) is 11.4. The Kier molecular flexibility index (Phi) is 11.8. The Morgan fingerprint density at radius 3 is 2.46 bits per heavy atom. The Labute approximate surface area is 411 Å². The van der Waals surface area contributed by atoms with Gasteiger partial charge < -0.3 is 34.5 Å². The number of phenolic OH excluding ortho intramolecular Hbond substituents is 1. The number of benzene rings is 3. The van der Waals surface area contributed by atoms with Gasteiger partial charge >= 0.3 is 6.01 Å². The van der Waals surface area contributed by atoms with Crippen molar-refractivity contribution in [1.82, 2.24) is 35.0 Å². The number of aliphatic hydroxyl groups excluding tert-OH is 1. The normalized spacial score (nSPS) is 24.8. The zero-order chi connectivity index (χ0) is 48.7. The molecule has 0 radical (unpaired) electrons. The van der Waals surface area contributed by atoms with E-state index in [1.54, 1.807) is 23.2 Å². The quantitative estimate of drug-likeness (QED) is 0.124. The Bertz CT molecular complexity index is 2950. The highest BCUT2D eigenvalue weighted by molar-refractivity contribution is 6.06. The van der Waals surface area contributed by atoms with Crippen molar-refractivity contribution in [1.29, 1.82) is 0 Å². The lowest BCUT2D eigenvalue weighted by Gasteiger charge is -2.40. The standard InChI is InChI=1S/C54H61F2N9O6/c1-2-38-42(55)6-3-33-22-37(66)23-40(46(33)38)48-47(56)49-41(24-57-48)50(64-26-32-19-35(27-64)44(67)20-32)60-53(59-49)71-30-54(11-12-54)29-62-13-9-31(10-14-62)25-61-15-17-63(18-16-61)36-4-5-39-34(21-36)28-65(52(39)70)43-7-8-45(68)58-51(43)69/h3-6,21-24,31-32,35,43-44,66-67H,2,7-20,25-30H2,1H3,(H,58,68,69)/t32-,35-,43+,44-/m1/s1.